The van der Waals surface area contributed by atoms with Crippen molar-refractivity contribution in [3.8, 4) is 0 Å². The van der Waals surface area contributed by atoms with Crippen LogP contribution in [0.3, 0.4) is 0 Å². The minimum absolute atomic E-state index is 0.636. The predicted octanol–water partition coefficient (Wildman–Crippen LogP) is 3.57. The summed E-state index contributed by atoms with van der Waals surface area (Å²) in [6, 6.07) is 6.41. The van der Waals surface area contributed by atoms with E-state index in [0.29, 0.717) is 11.1 Å². The Bertz CT molecular complexity index is 395. The SMILES string of the molecule is CCNCC1CCCN1Cc1ccc(Cl)cc1Cl. The van der Waals surface area contributed by atoms with Gasteiger partial charge in [-0.3, -0.25) is 4.90 Å². The maximum absolute atomic E-state index is 6.23. The van der Waals surface area contributed by atoms with Gasteiger partial charge < -0.3 is 5.32 Å². The van der Waals surface area contributed by atoms with E-state index in [9.17, 15) is 0 Å². The number of likely N-dealkylation sites (N-methyl/N-ethyl adjacent to an activating group) is 1. The second-order valence-corrected chi connectivity index (χ2v) is 5.65. The first kappa shape index (κ1) is 14.1. The zero-order chi connectivity index (χ0) is 13.0. The van der Waals surface area contributed by atoms with Gasteiger partial charge in [0.1, 0.15) is 0 Å². The molecule has 1 aromatic rings. The molecule has 1 atom stereocenters. The van der Waals surface area contributed by atoms with Gasteiger partial charge in [0.25, 0.3) is 0 Å². The quantitative estimate of drug-likeness (QED) is 0.890. The Morgan fingerprint density at radius 2 is 2.22 bits per heavy atom. The summed E-state index contributed by atoms with van der Waals surface area (Å²) < 4.78 is 0. The molecular weight excluding hydrogens is 267 g/mol. The number of likely N-dealkylation sites (tertiary alicyclic amines) is 1. The van der Waals surface area contributed by atoms with E-state index < -0.39 is 0 Å². The normalized spacial score (nSPS) is 20.5. The maximum Gasteiger partial charge on any atom is 0.0465 e. The van der Waals surface area contributed by atoms with Gasteiger partial charge in [-0.15, -0.1) is 0 Å². The van der Waals surface area contributed by atoms with Crippen molar-refractivity contribution in [2.45, 2.75) is 32.4 Å². The van der Waals surface area contributed by atoms with Gasteiger partial charge in [0.2, 0.25) is 0 Å². The minimum Gasteiger partial charge on any atom is -0.315 e. The topological polar surface area (TPSA) is 15.3 Å². The molecule has 1 aromatic carbocycles. The van der Waals surface area contributed by atoms with Crippen molar-refractivity contribution in [2.75, 3.05) is 19.6 Å². The Morgan fingerprint density at radius 3 is 2.94 bits per heavy atom. The molecule has 0 spiro atoms. The molecule has 1 fully saturated rings. The molecule has 0 amide bonds. The highest BCUT2D eigenvalue weighted by molar-refractivity contribution is 6.35. The lowest BCUT2D eigenvalue weighted by molar-refractivity contribution is 0.240. The van der Waals surface area contributed by atoms with Crippen LogP contribution in [0.5, 0.6) is 0 Å². The van der Waals surface area contributed by atoms with Crippen LogP contribution in [0, 0.1) is 0 Å². The van der Waals surface area contributed by atoms with Crippen molar-refractivity contribution in [3.05, 3.63) is 33.8 Å². The Hall–Kier alpha value is -0.280. The van der Waals surface area contributed by atoms with E-state index in [4.69, 9.17) is 23.2 Å². The van der Waals surface area contributed by atoms with Crippen LogP contribution < -0.4 is 5.32 Å². The van der Waals surface area contributed by atoms with Crippen LogP contribution in [0.1, 0.15) is 25.3 Å². The third-order valence-corrected chi connectivity index (χ3v) is 4.10. The van der Waals surface area contributed by atoms with Crippen molar-refractivity contribution >= 4 is 23.2 Å². The van der Waals surface area contributed by atoms with Gasteiger partial charge in [-0.2, -0.15) is 0 Å². The first-order valence-electron chi connectivity index (χ1n) is 6.59. The summed E-state index contributed by atoms with van der Waals surface area (Å²) in [6.45, 7) is 6.34. The number of nitrogens with one attached hydrogen (secondary N) is 1. The molecule has 0 saturated carbocycles. The summed E-state index contributed by atoms with van der Waals surface area (Å²) >= 11 is 12.2. The molecule has 1 N–H and O–H groups in total. The lowest BCUT2D eigenvalue weighted by Crippen LogP contribution is -2.37. The molecule has 1 unspecified atom stereocenters. The Labute approximate surface area is 119 Å². The summed E-state index contributed by atoms with van der Waals surface area (Å²) in [6.07, 6.45) is 2.56. The van der Waals surface area contributed by atoms with Crippen molar-refractivity contribution in [1.29, 1.82) is 0 Å². The van der Waals surface area contributed by atoms with Gasteiger partial charge in [-0.05, 0) is 43.6 Å². The molecule has 1 aliphatic rings. The van der Waals surface area contributed by atoms with Crippen molar-refractivity contribution in [2.24, 2.45) is 0 Å². The lowest BCUT2D eigenvalue weighted by atomic mass is 10.2. The average Bonchev–Trinajstić information content (AvgIpc) is 2.77. The van der Waals surface area contributed by atoms with Crippen LogP contribution >= 0.6 is 23.2 Å². The lowest BCUT2D eigenvalue weighted by Gasteiger charge is -2.25. The van der Waals surface area contributed by atoms with Crippen LogP contribution in [-0.2, 0) is 6.54 Å². The molecule has 2 nitrogen and oxygen atoms in total. The molecule has 100 valence electrons. The molecule has 1 heterocycles. The Morgan fingerprint density at radius 1 is 1.39 bits per heavy atom. The third-order valence-electron chi connectivity index (χ3n) is 3.52. The monoisotopic (exact) mass is 286 g/mol. The number of halogens is 2. The molecular formula is C14H20Cl2N2. The number of benzene rings is 1. The molecule has 1 saturated heterocycles. The zero-order valence-electron chi connectivity index (χ0n) is 10.8. The third kappa shape index (κ3) is 3.61. The summed E-state index contributed by atoms with van der Waals surface area (Å²) in [5.41, 5.74) is 1.17. The fourth-order valence-electron chi connectivity index (χ4n) is 2.51. The molecule has 0 aromatic heterocycles. The molecule has 0 aliphatic carbocycles. The van der Waals surface area contributed by atoms with E-state index in [0.717, 1.165) is 31.2 Å². The van der Waals surface area contributed by atoms with Crippen LogP contribution in [0.25, 0.3) is 0 Å². The van der Waals surface area contributed by atoms with Gasteiger partial charge in [0.15, 0.2) is 0 Å². The highest BCUT2D eigenvalue weighted by Gasteiger charge is 2.24. The predicted molar refractivity (Wildman–Crippen MR) is 78.4 cm³/mol. The average molecular weight is 287 g/mol. The van der Waals surface area contributed by atoms with Gasteiger partial charge in [-0.1, -0.05) is 36.2 Å². The molecule has 4 heteroatoms. The van der Waals surface area contributed by atoms with E-state index in [1.54, 1.807) is 0 Å². The number of hydrogen-bond acceptors (Lipinski definition) is 2. The fourth-order valence-corrected chi connectivity index (χ4v) is 2.98. The number of hydrogen-bond donors (Lipinski definition) is 1. The van der Waals surface area contributed by atoms with Crippen molar-refractivity contribution in [3.63, 3.8) is 0 Å². The van der Waals surface area contributed by atoms with E-state index >= 15 is 0 Å². The van der Waals surface area contributed by atoms with E-state index in [1.165, 1.54) is 18.4 Å². The molecule has 2 rings (SSSR count). The number of rotatable bonds is 5. The van der Waals surface area contributed by atoms with Gasteiger partial charge in [-0.25, -0.2) is 0 Å². The molecule has 1 aliphatic heterocycles. The standard InChI is InChI=1S/C14H20Cl2N2/c1-2-17-9-13-4-3-7-18(13)10-11-5-6-12(15)8-14(11)16/h5-6,8,13,17H,2-4,7,9-10H2,1H3. The van der Waals surface area contributed by atoms with Crippen molar-refractivity contribution in [1.82, 2.24) is 10.2 Å². The summed E-state index contributed by atoms with van der Waals surface area (Å²) in [7, 11) is 0. The van der Waals surface area contributed by atoms with E-state index in [2.05, 4.69) is 17.1 Å². The summed E-state index contributed by atoms with van der Waals surface area (Å²) in [5, 5.41) is 4.91. The second kappa shape index (κ2) is 6.76. The van der Waals surface area contributed by atoms with Gasteiger partial charge in [0.05, 0.1) is 0 Å². The highest BCUT2D eigenvalue weighted by Crippen LogP contribution is 2.25. The summed E-state index contributed by atoms with van der Waals surface area (Å²) in [4.78, 5) is 2.51. The Kier molecular flexibility index (Phi) is 5.31. The van der Waals surface area contributed by atoms with Crippen LogP contribution in [-0.4, -0.2) is 30.6 Å². The van der Waals surface area contributed by atoms with E-state index in [-0.39, 0.29) is 0 Å². The molecule has 0 radical (unpaired) electrons. The van der Waals surface area contributed by atoms with Gasteiger partial charge >= 0.3 is 0 Å². The second-order valence-electron chi connectivity index (χ2n) is 4.81. The number of nitrogens with zero attached hydrogens (tertiary/aromatic N) is 1. The largest absolute Gasteiger partial charge is 0.315 e. The highest BCUT2D eigenvalue weighted by atomic mass is 35.5. The zero-order valence-corrected chi connectivity index (χ0v) is 12.3. The van der Waals surface area contributed by atoms with Crippen LogP contribution in [0.2, 0.25) is 10.0 Å². The Balaban J connectivity index is 1.99. The van der Waals surface area contributed by atoms with Crippen LogP contribution in [0.4, 0.5) is 0 Å². The van der Waals surface area contributed by atoms with Crippen LogP contribution in [0.15, 0.2) is 18.2 Å². The maximum atomic E-state index is 6.23. The summed E-state index contributed by atoms with van der Waals surface area (Å²) in [5.74, 6) is 0. The smallest absolute Gasteiger partial charge is 0.0465 e. The first-order chi connectivity index (χ1) is 8.70. The van der Waals surface area contributed by atoms with Crippen molar-refractivity contribution < 1.29 is 0 Å². The van der Waals surface area contributed by atoms with Gasteiger partial charge in [0, 0.05) is 29.2 Å². The van der Waals surface area contributed by atoms with E-state index in [1.807, 2.05) is 18.2 Å². The molecule has 0 bridgehead atoms. The fraction of sp³-hybridized carbons (Fsp3) is 0.571. The first-order valence-corrected chi connectivity index (χ1v) is 7.35. The minimum atomic E-state index is 0.636. The molecule has 18 heavy (non-hydrogen) atoms.